The number of carbonyl (C=O) groups excluding carboxylic acids is 1. The molecule has 0 aromatic heterocycles. The van der Waals surface area contributed by atoms with Crippen molar-refractivity contribution in [3.63, 3.8) is 0 Å². The Balaban J connectivity index is 1.50. The number of piperazine rings is 1. The van der Waals surface area contributed by atoms with E-state index in [-0.39, 0.29) is 23.7 Å². The van der Waals surface area contributed by atoms with E-state index in [9.17, 15) is 9.18 Å². The molecule has 0 saturated carbocycles. The first-order valence-corrected chi connectivity index (χ1v) is 11.4. The monoisotopic (exact) mass is 432 g/mol. The average molecular weight is 433 g/mol. The average Bonchev–Trinajstić information content (AvgIpc) is 3.24. The van der Waals surface area contributed by atoms with E-state index in [2.05, 4.69) is 32.3 Å². The Labute approximate surface area is 185 Å². The number of anilines is 1. The largest absolute Gasteiger partial charge is 0.367 e. The maximum atomic E-state index is 14.8. The van der Waals surface area contributed by atoms with Crippen LogP contribution in [0.4, 0.5) is 10.1 Å². The quantitative estimate of drug-likeness (QED) is 0.531. The van der Waals surface area contributed by atoms with E-state index in [1.165, 1.54) is 0 Å². The van der Waals surface area contributed by atoms with Gasteiger partial charge in [0.05, 0.1) is 5.69 Å². The van der Waals surface area contributed by atoms with Crippen LogP contribution < -0.4 is 15.5 Å². The second kappa shape index (κ2) is 10.8. The molecule has 2 aliphatic heterocycles. The fourth-order valence-electron chi connectivity index (χ4n) is 4.24. The Morgan fingerprint density at radius 1 is 1.23 bits per heavy atom. The maximum absolute atomic E-state index is 14.8. The fraction of sp³-hybridized carbons (Fsp3) is 0.652. The number of likely N-dealkylation sites (tertiary alicyclic amines) is 1. The third-order valence-electron chi connectivity index (χ3n) is 6.19. The first kappa shape index (κ1) is 23.3. The Morgan fingerprint density at radius 2 is 1.97 bits per heavy atom. The molecular weight excluding hydrogens is 395 g/mol. The highest BCUT2D eigenvalue weighted by molar-refractivity contribution is 5.81. The first-order chi connectivity index (χ1) is 14.9. The summed E-state index contributed by atoms with van der Waals surface area (Å²) in [6.45, 7) is 12.7. The molecule has 1 amide bonds. The molecule has 0 spiro atoms. The third-order valence-corrected chi connectivity index (χ3v) is 6.19. The van der Waals surface area contributed by atoms with Gasteiger partial charge in [-0.2, -0.15) is 0 Å². The summed E-state index contributed by atoms with van der Waals surface area (Å²) in [5.41, 5.74) is 1.56. The van der Waals surface area contributed by atoms with Gasteiger partial charge in [-0.3, -0.25) is 9.79 Å². The Bertz CT molecular complexity index is 775. The highest BCUT2D eigenvalue weighted by Gasteiger charge is 2.28. The Kier molecular flexibility index (Phi) is 8.12. The predicted octanol–water partition coefficient (Wildman–Crippen LogP) is 1.89. The van der Waals surface area contributed by atoms with Gasteiger partial charge in [-0.25, -0.2) is 4.39 Å². The summed E-state index contributed by atoms with van der Waals surface area (Å²) in [5, 5.41) is 6.65. The number of guanidine groups is 1. The van der Waals surface area contributed by atoms with E-state index >= 15 is 0 Å². The van der Waals surface area contributed by atoms with Crippen molar-refractivity contribution >= 4 is 17.6 Å². The maximum Gasteiger partial charge on any atom is 0.225 e. The lowest BCUT2D eigenvalue weighted by Gasteiger charge is -2.35. The van der Waals surface area contributed by atoms with Crippen LogP contribution in [0, 0.1) is 11.7 Å². The number of aliphatic imine (C=N–C) groups is 1. The lowest BCUT2D eigenvalue weighted by atomic mass is 10.1. The summed E-state index contributed by atoms with van der Waals surface area (Å²) in [6.07, 6.45) is 0.897. The van der Waals surface area contributed by atoms with E-state index in [0.717, 1.165) is 51.3 Å². The molecule has 31 heavy (non-hydrogen) atoms. The molecule has 2 aliphatic rings. The molecule has 3 rings (SSSR count). The molecule has 2 fully saturated rings. The molecule has 0 aliphatic carbocycles. The molecule has 1 unspecified atom stereocenters. The Hall–Kier alpha value is -2.35. The van der Waals surface area contributed by atoms with Crippen molar-refractivity contribution in [1.29, 1.82) is 0 Å². The number of nitrogens with zero attached hydrogens (tertiary/aromatic N) is 4. The number of rotatable bonds is 6. The molecular formula is C23H37FN6O. The summed E-state index contributed by atoms with van der Waals surface area (Å²) in [7, 11) is 1.72. The number of likely N-dealkylation sites (N-methyl/N-ethyl adjacent to an activating group) is 1. The van der Waals surface area contributed by atoms with Gasteiger partial charge in [-0.1, -0.05) is 26.8 Å². The van der Waals surface area contributed by atoms with Gasteiger partial charge in [0.25, 0.3) is 0 Å². The van der Waals surface area contributed by atoms with Gasteiger partial charge in [0, 0.05) is 64.8 Å². The molecule has 1 aromatic carbocycles. The zero-order chi connectivity index (χ0) is 22.4. The van der Waals surface area contributed by atoms with Crippen molar-refractivity contribution in [3.05, 3.63) is 29.6 Å². The van der Waals surface area contributed by atoms with E-state index in [1.807, 2.05) is 30.9 Å². The van der Waals surface area contributed by atoms with Crippen molar-refractivity contribution in [2.75, 3.05) is 57.8 Å². The molecule has 7 nitrogen and oxygen atoms in total. The second-order valence-corrected chi connectivity index (χ2v) is 8.70. The number of nitrogens with one attached hydrogen (secondary N) is 2. The second-order valence-electron chi connectivity index (χ2n) is 8.70. The van der Waals surface area contributed by atoms with Gasteiger partial charge in [0.2, 0.25) is 5.91 Å². The van der Waals surface area contributed by atoms with Crippen LogP contribution >= 0.6 is 0 Å². The van der Waals surface area contributed by atoms with Gasteiger partial charge in [0.15, 0.2) is 5.96 Å². The first-order valence-electron chi connectivity index (χ1n) is 11.4. The topological polar surface area (TPSA) is 63.2 Å². The third kappa shape index (κ3) is 6.09. The minimum atomic E-state index is -0.175. The number of carbonyl (C=O) groups is 1. The summed E-state index contributed by atoms with van der Waals surface area (Å²) in [6, 6.07) is 5.65. The summed E-state index contributed by atoms with van der Waals surface area (Å²) in [5.74, 6) is 0.707. The molecule has 0 bridgehead atoms. The predicted molar refractivity (Wildman–Crippen MR) is 124 cm³/mol. The van der Waals surface area contributed by atoms with Gasteiger partial charge >= 0.3 is 0 Å². The van der Waals surface area contributed by atoms with Crippen molar-refractivity contribution in [3.8, 4) is 0 Å². The van der Waals surface area contributed by atoms with Crippen LogP contribution in [0.15, 0.2) is 23.2 Å². The number of amides is 1. The number of halogens is 1. The van der Waals surface area contributed by atoms with Gasteiger partial charge < -0.3 is 25.3 Å². The normalized spacial score (nSPS) is 20.5. The molecule has 1 atom stereocenters. The molecule has 8 heteroatoms. The molecule has 2 saturated heterocycles. The van der Waals surface area contributed by atoms with Crippen LogP contribution in [0.1, 0.15) is 32.8 Å². The van der Waals surface area contributed by atoms with Crippen LogP contribution in [0.25, 0.3) is 0 Å². The van der Waals surface area contributed by atoms with E-state index < -0.39 is 0 Å². The number of benzene rings is 1. The number of hydrogen-bond acceptors (Lipinski definition) is 4. The van der Waals surface area contributed by atoms with Crippen LogP contribution in [0.2, 0.25) is 0 Å². The zero-order valence-corrected chi connectivity index (χ0v) is 19.3. The molecule has 172 valence electrons. The van der Waals surface area contributed by atoms with Gasteiger partial charge in [-0.05, 0) is 30.7 Å². The lowest BCUT2D eigenvalue weighted by molar-refractivity contribution is -0.133. The molecule has 0 radical (unpaired) electrons. The zero-order valence-electron chi connectivity index (χ0n) is 19.3. The standard InChI is InChI=1S/C23H37FN6O/c1-5-28-10-12-29(13-11-28)21-7-6-18(14-20(21)24)15-26-23(25-4)27-19-8-9-30(16-19)22(31)17(2)3/h6-7,14,17,19H,5,8-13,15-16H2,1-4H3,(H2,25,26,27). The van der Waals surface area contributed by atoms with Crippen LogP contribution in [0.3, 0.4) is 0 Å². The Morgan fingerprint density at radius 3 is 2.58 bits per heavy atom. The van der Waals surface area contributed by atoms with Crippen LogP contribution in [-0.4, -0.2) is 80.6 Å². The van der Waals surface area contributed by atoms with E-state index in [4.69, 9.17) is 0 Å². The fourth-order valence-corrected chi connectivity index (χ4v) is 4.24. The minimum Gasteiger partial charge on any atom is -0.367 e. The summed E-state index contributed by atoms with van der Waals surface area (Å²) in [4.78, 5) is 22.9. The number of hydrogen-bond donors (Lipinski definition) is 2. The SMILES string of the molecule is CCN1CCN(c2ccc(CNC(=NC)NC3CCN(C(=O)C(C)C)C3)cc2F)CC1. The van der Waals surface area contributed by atoms with Crippen LogP contribution in [-0.2, 0) is 11.3 Å². The summed E-state index contributed by atoms with van der Waals surface area (Å²) >= 11 is 0. The summed E-state index contributed by atoms with van der Waals surface area (Å²) < 4.78 is 14.8. The highest BCUT2D eigenvalue weighted by Crippen LogP contribution is 2.22. The highest BCUT2D eigenvalue weighted by atomic mass is 19.1. The van der Waals surface area contributed by atoms with Crippen LogP contribution in [0.5, 0.6) is 0 Å². The van der Waals surface area contributed by atoms with E-state index in [0.29, 0.717) is 24.7 Å². The lowest BCUT2D eigenvalue weighted by Crippen LogP contribution is -2.46. The van der Waals surface area contributed by atoms with Gasteiger partial charge in [0.1, 0.15) is 5.82 Å². The van der Waals surface area contributed by atoms with Crippen molar-refractivity contribution in [1.82, 2.24) is 20.4 Å². The van der Waals surface area contributed by atoms with E-state index in [1.54, 1.807) is 13.1 Å². The molecule has 2 heterocycles. The molecule has 2 N–H and O–H groups in total. The smallest absolute Gasteiger partial charge is 0.225 e. The van der Waals surface area contributed by atoms with Crippen molar-refractivity contribution in [2.45, 2.75) is 39.8 Å². The van der Waals surface area contributed by atoms with Crippen molar-refractivity contribution in [2.24, 2.45) is 10.9 Å². The van der Waals surface area contributed by atoms with Crippen molar-refractivity contribution < 1.29 is 9.18 Å². The van der Waals surface area contributed by atoms with Gasteiger partial charge in [-0.15, -0.1) is 0 Å². The molecule has 1 aromatic rings. The minimum absolute atomic E-state index is 0.0181.